The molecular weight excluding hydrogens is 270 g/mol. The molecule has 2 aromatic rings. The van der Waals surface area contributed by atoms with E-state index in [0.717, 1.165) is 23.6 Å². The van der Waals surface area contributed by atoms with E-state index in [1.807, 2.05) is 18.2 Å². The van der Waals surface area contributed by atoms with Crippen molar-refractivity contribution in [2.24, 2.45) is 0 Å². The summed E-state index contributed by atoms with van der Waals surface area (Å²) in [6.45, 7) is 6.92. The van der Waals surface area contributed by atoms with Gasteiger partial charge in [-0.15, -0.1) is 10.2 Å². The molecule has 6 heteroatoms. The van der Waals surface area contributed by atoms with Crippen molar-refractivity contribution in [3.05, 3.63) is 35.5 Å². The van der Waals surface area contributed by atoms with Crippen LogP contribution in [0.2, 0.25) is 0 Å². The highest BCUT2D eigenvalue weighted by Crippen LogP contribution is 2.25. The lowest BCUT2D eigenvalue weighted by Crippen LogP contribution is -2.22. The highest BCUT2D eigenvalue weighted by Gasteiger charge is 2.09. The molecule has 1 aromatic carbocycles. The third kappa shape index (κ3) is 4.46. The molecule has 114 valence electrons. The normalized spacial score (nSPS) is 10.9. The van der Waals surface area contributed by atoms with Crippen LogP contribution in [0.3, 0.4) is 0 Å². The maximum absolute atomic E-state index is 5.80. The molecule has 0 unspecified atom stereocenters. The van der Waals surface area contributed by atoms with Crippen molar-refractivity contribution in [3.8, 4) is 11.5 Å². The largest absolute Gasteiger partial charge is 0.497 e. The number of hydrogen-bond donors (Lipinski definition) is 1. The Balaban J connectivity index is 2.10. The minimum absolute atomic E-state index is 0.239. The van der Waals surface area contributed by atoms with Crippen molar-refractivity contribution in [1.29, 1.82) is 0 Å². The molecule has 0 bridgehead atoms. The topological polar surface area (TPSA) is 69.4 Å². The molecule has 0 aliphatic rings. The fourth-order valence-electron chi connectivity index (χ4n) is 1.79. The van der Waals surface area contributed by atoms with Crippen LogP contribution in [0.1, 0.15) is 31.2 Å². The van der Waals surface area contributed by atoms with Crippen molar-refractivity contribution >= 4 is 0 Å². The molecule has 0 spiro atoms. The predicted octanol–water partition coefficient (Wildman–Crippen LogP) is 2.46. The molecule has 0 saturated heterocycles. The molecule has 0 atom stereocenters. The van der Waals surface area contributed by atoms with Gasteiger partial charge in [0.15, 0.2) is 6.61 Å². The zero-order chi connectivity index (χ0) is 15.2. The lowest BCUT2D eigenvalue weighted by molar-refractivity contribution is 0.256. The summed E-state index contributed by atoms with van der Waals surface area (Å²) in [5.74, 6) is 2.48. The molecule has 0 aliphatic carbocycles. The molecule has 6 nitrogen and oxygen atoms in total. The van der Waals surface area contributed by atoms with Gasteiger partial charge in [-0.3, -0.25) is 0 Å². The van der Waals surface area contributed by atoms with Crippen molar-refractivity contribution in [1.82, 2.24) is 15.5 Å². The molecule has 0 aliphatic heterocycles. The van der Waals surface area contributed by atoms with Gasteiger partial charge < -0.3 is 19.2 Å². The summed E-state index contributed by atoms with van der Waals surface area (Å²) < 4.78 is 16.3. The number of nitrogens with zero attached hydrogens (tertiary/aromatic N) is 2. The quantitative estimate of drug-likeness (QED) is 0.845. The van der Waals surface area contributed by atoms with E-state index in [2.05, 4.69) is 29.4 Å². The Hall–Kier alpha value is -2.08. The zero-order valence-corrected chi connectivity index (χ0v) is 12.8. The van der Waals surface area contributed by atoms with Crippen molar-refractivity contribution < 1.29 is 13.9 Å². The fraction of sp³-hybridized carbons (Fsp3) is 0.467. The molecule has 0 fully saturated rings. The van der Waals surface area contributed by atoms with E-state index in [4.69, 9.17) is 13.9 Å². The fourth-order valence-corrected chi connectivity index (χ4v) is 1.79. The molecule has 1 aromatic heterocycles. The third-order valence-electron chi connectivity index (χ3n) is 2.89. The van der Waals surface area contributed by atoms with Gasteiger partial charge in [-0.2, -0.15) is 0 Å². The second-order valence-corrected chi connectivity index (χ2v) is 5.01. The van der Waals surface area contributed by atoms with E-state index in [1.165, 1.54) is 0 Å². The number of aryl methyl sites for hydroxylation is 1. The number of aromatic nitrogens is 2. The highest BCUT2D eigenvalue weighted by atomic mass is 16.5. The maximum atomic E-state index is 5.80. The Bertz CT molecular complexity index is 581. The van der Waals surface area contributed by atoms with Crippen LogP contribution in [0.25, 0.3) is 0 Å². The van der Waals surface area contributed by atoms with Gasteiger partial charge in [-0.25, -0.2) is 0 Å². The average molecular weight is 291 g/mol. The number of ether oxygens (including phenoxy) is 2. The predicted molar refractivity (Wildman–Crippen MR) is 78.3 cm³/mol. The van der Waals surface area contributed by atoms with Gasteiger partial charge in [0.25, 0.3) is 5.89 Å². The minimum atomic E-state index is 0.239. The van der Waals surface area contributed by atoms with Crippen LogP contribution >= 0.6 is 0 Å². The van der Waals surface area contributed by atoms with Gasteiger partial charge in [0.1, 0.15) is 11.5 Å². The summed E-state index contributed by atoms with van der Waals surface area (Å²) in [5, 5.41) is 11.1. The molecule has 0 amide bonds. The third-order valence-corrected chi connectivity index (χ3v) is 2.89. The molecule has 2 rings (SSSR count). The second kappa shape index (κ2) is 7.08. The summed E-state index contributed by atoms with van der Waals surface area (Å²) in [5.41, 5.74) is 1.06. The first kappa shape index (κ1) is 15.3. The molecule has 21 heavy (non-hydrogen) atoms. The maximum Gasteiger partial charge on any atom is 0.253 e. The van der Waals surface area contributed by atoms with Crippen molar-refractivity contribution in [3.63, 3.8) is 0 Å². The van der Waals surface area contributed by atoms with Gasteiger partial charge >= 0.3 is 0 Å². The van der Waals surface area contributed by atoms with E-state index < -0.39 is 0 Å². The summed E-state index contributed by atoms with van der Waals surface area (Å²) >= 11 is 0. The van der Waals surface area contributed by atoms with Crippen LogP contribution in [0.4, 0.5) is 0 Å². The number of rotatable bonds is 7. The van der Waals surface area contributed by atoms with E-state index in [1.54, 1.807) is 14.0 Å². The van der Waals surface area contributed by atoms with Gasteiger partial charge in [-0.1, -0.05) is 19.9 Å². The summed E-state index contributed by atoms with van der Waals surface area (Å²) in [7, 11) is 1.63. The first-order valence-electron chi connectivity index (χ1n) is 6.90. The number of methoxy groups -OCH3 is 1. The average Bonchev–Trinajstić information content (AvgIpc) is 2.88. The van der Waals surface area contributed by atoms with Crippen LogP contribution in [0.15, 0.2) is 22.6 Å². The van der Waals surface area contributed by atoms with Crippen molar-refractivity contribution in [2.75, 3.05) is 7.11 Å². The molecular formula is C15H21N3O3. The highest BCUT2D eigenvalue weighted by molar-refractivity contribution is 5.40. The summed E-state index contributed by atoms with van der Waals surface area (Å²) in [4.78, 5) is 0. The van der Waals surface area contributed by atoms with E-state index in [0.29, 0.717) is 17.8 Å². The molecule has 1 N–H and O–H groups in total. The van der Waals surface area contributed by atoms with Crippen LogP contribution in [-0.4, -0.2) is 23.3 Å². The minimum Gasteiger partial charge on any atom is -0.497 e. The van der Waals surface area contributed by atoms with Gasteiger partial charge in [0, 0.05) is 31.1 Å². The van der Waals surface area contributed by atoms with Gasteiger partial charge in [0.05, 0.1) is 7.11 Å². The van der Waals surface area contributed by atoms with Crippen LogP contribution in [0, 0.1) is 6.92 Å². The number of benzene rings is 1. The van der Waals surface area contributed by atoms with E-state index >= 15 is 0 Å². The van der Waals surface area contributed by atoms with E-state index in [9.17, 15) is 0 Å². The SMILES string of the molecule is COc1ccc(CNC(C)C)c(OCc2nnc(C)o2)c1. The Morgan fingerprint density at radius 2 is 2.10 bits per heavy atom. The molecule has 0 radical (unpaired) electrons. The monoisotopic (exact) mass is 291 g/mol. The van der Waals surface area contributed by atoms with Crippen LogP contribution < -0.4 is 14.8 Å². The smallest absolute Gasteiger partial charge is 0.253 e. The Morgan fingerprint density at radius 3 is 2.71 bits per heavy atom. The Kier molecular flexibility index (Phi) is 5.16. The first-order chi connectivity index (χ1) is 10.1. The van der Waals surface area contributed by atoms with Crippen LogP contribution in [0.5, 0.6) is 11.5 Å². The second-order valence-electron chi connectivity index (χ2n) is 5.01. The van der Waals surface area contributed by atoms with Gasteiger partial charge in [-0.05, 0) is 6.07 Å². The van der Waals surface area contributed by atoms with E-state index in [-0.39, 0.29) is 6.61 Å². The van der Waals surface area contributed by atoms with Gasteiger partial charge in [0.2, 0.25) is 5.89 Å². The molecule has 0 saturated carbocycles. The first-order valence-corrected chi connectivity index (χ1v) is 6.90. The standard InChI is InChI=1S/C15H21N3O3/c1-10(2)16-8-12-5-6-13(19-4)7-14(12)20-9-15-18-17-11(3)21-15/h5-7,10,16H,8-9H2,1-4H3. The van der Waals surface area contributed by atoms with Crippen LogP contribution in [-0.2, 0) is 13.2 Å². The number of nitrogens with one attached hydrogen (secondary N) is 1. The Morgan fingerprint density at radius 1 is 1.29 bits per heavy atom. The lowest BCUT2D eigenvalue weighted by Gasteiger charge is -2.14. The summed E-state index contributed by atoms with van der Waals surface area (Å²) in [6, 6.07) is 6.17. The molecule has 1 heterocycles. The Labute approximate surface area is 124 Å². The van der Waals surface area contributed by atoms with Crippen molar-refractivity contribution in [2.45, 2.75) is 40.0 Å². The zero-order valence-electron chi connectivity index (χ0n) is 12.8. The summed E-state index contributed by atoms with van der Waals surface area (Å²) in [6.07, 6.45) is 0. The lowest BCUT2D eigenvalue weighted by atomic mass is 10.2. The number of hydrogen-bond acceptors (Lipinski definition) is 6.